The summed E-state index contributed by atoms with van der Waals surface area (Å²) in [7, 11) is -4.17. The lowest BCUT2D eigenvalue weighted by molar-refractivity contribution is -0.384. The van der Waals surface area contributed by atoms with Crippen molar-refractivity contribution in [2.24, 2.45) is 5.84 Å². The topological polar surface area (TPSA) is 144 Å². The van der Waals surface area contributed by atoms with Gasteiger partial charge < -0.3 is 5.32 Å². The van der Waals surface area contributed by atoms with Crippen LogP contribution in [0.15, 0.2) is 41.3 Å². The van der Waals surface area contributed by atoms with E-state index in [0.29, 0.717) is 18.5 Å². The molecule has 9 nitrogen and oxygen atoms in total. The molecule has 1 heterocycles. The molecule has 3 rings (SSSR count). The highest BCUT2D eigenvalue weighted by molar-refractivity contribution is 7.89. The maximum absolute atomic E-state index is 13.0. The first-order chi connectivity index (χ1) is 11.8. The Morgan fingerprint density at radius 3 is 2.68 bits per heavy atom. The average Bonchev–Trinajstić information content (AvgIpc) is 3.09. The van der Waals surface area contributed by atoms with Gasteiger partial charge in [-0.25, -0.2) is 8.42 Å². The zero-order chi connectivity index (χ0) is 18.2. The Labute approximate surface area is 143 Å². The molecule has 0 saturated heterocycles. The number of hydrazine groups is 1. The van der Waals surface area contributed by atoms with Crippen molar-refractivity contribution in [2.45, 2.75) is 11.3 Å². The van der Waals surface area contributed by atoms with Gasteiger partial charge in [-0.1, -0.05) is 12.1 Å². The maximum atomic E-state index is 13.0. The number of nitrogens with two attached hydrogens (primary N) is 1. The Kier molecular flexibility index (Phi) is 4.25. The molecule has 0 aliphatic carbocycles. The van der Waals surface area contributed by atoms with E-state index in [9.17, 15) is 23.3 Å². The molecule has 0 amide bonds. The zero-order valence-corrected chi connectivity index (χ0v) is 13.7. The third-order valence-corrected chi connectivity index (χ3v) is 5.22. The Hall–Kier alpha value is -2.82. The minimum absolute atomic E-state index is 0.299. The van der Waals surface area contributed by atoms with Gasteiger partial charge in [0.15, 0.2) is 5.78 Å². The Balaban J connectivity index is 2.21. The second-order valence-corrected chi connectivity index (χ2v) is 7.08. The van der Waals surface area contributed by atoms with Crippen LogP contribution in [-0.2, 0) is 16.4 Å². The molecule has 0 bridgehead atoms. The molecule has 1 aliphatic rings. The van der Waals surface area contributed by atoms with Crippen molar-refractivity contribution in [3.05, 3.63) is 63.2 Å². The van der Waals surface area contributed by atoms with Gasteiger partial charge in [0.25, 0.3) is 15.7 Å². The summed E-state index contributed by atoms with van der Waals surface area (Å²) >= 11 is 0. The van der Waals surface area contributed by atoms with Crippen LogP contribution in [0.1, 0.15) is 21.5 Å². The van der Waals surface area contributed by atoms with E-state index in [1.807, 2.05) is 6.07 Å². The number of hydrogen-bond acceptors (Lipinski definition) is 7. The number of non-ortho nitro benzene ring substituents is 1. The van der Waals surface area contributed by atoms with Crippen LogP contribution in [0.2, 0.25) is 0 Å². The van der Waals surface area contributed by atoms with Gasteiger partial charge in [0.2, 0.25) is 0 Å². The van der Waals surface area contributed by atoms with Crippen LogP contribution in [0.5, 0.6) is 0 Å². The highest BCUT2D eigenvalue weighted by Crippen LogP contribution is 2.30. The van der Waals surface area contributed by atoms with Crippen molar-refractivity contribution in [2.75, 3.05) is 11.9 Å². The van der Waals surface area contributed by atoms with E-state index >= 15 is 0 Å². The van der Waals surface area contributed by atoms with Crippen LogP contribution in [0.25, 0.3) is 0 Å². The lowest BCUT2D eigenvalue weighted by Crippen LogP contribution is -2.31. The number of carbonyl (C=O) groups excluding carboxylic acids is 1. The number of rotatable bonds is 5. The number of nitro benzene ring substituents is 1. The van der Waals surface area contributed by atoms with Gasteiger partial charge in [-0.15, -0.1) is 0 Å². The number of nitro groups is 1. The number of fused-ring (bicyclic) bond motifs is 1. The lowest BCUT2D eigenvalue weighted by Gasteiger charge is -2.11. The van der Waals surface area contributed by atoms with E-state index in [4.69, 9.17) is 5.84 Å². The molecule has 0 atom stereocenters. The van der Waals surface area contributed by atoms with Crippen LogP contribution in [0, 0.1) is 10.1 Å². The third kappa shape index (κ3) is 2.97. The molecule has 0 radical (unpaired) electrons. The summed E-state index contributed by atoms with van der Waals surface area (Å²) in [6, 6.07) is 8.01. The summed E-state index contributed by atoms with van der Waals surface area (Å²) in [6.07, 6.45) is 0.601. The predicted molar refractivity (Wildman–Crippen MR) is 89.7 cm³/mol. The zero-order valence-electron chi connectivity index (χ0n) is 12.9. The van der Waals surface area contributed by atoms with Gasteiger partial charge in [0, 0.05) is 35.5 Å². The number of nitrogens with one attached hydrogen (secondary N) is 2. The Bertz CT molecular complexity index is 987. The summed E-state index contributed by atoms with van der Waals surface area (Å²) < 4.78 is 24.2. The van der Waals surface area contributed by atoms with E-state index in [1.54, 1.807) is 17.0 Å². The van der Waals surface area contributed by atoms with Gasteiger partial charge in [-0.3, -0.25) is 20.8 Å². The predicted octanol–water partition coefficient (Wildman–Crippen LogP) is 0.946. The van der Waals surface area contributed by atoms with E-state index < -0.39 is 25.6 Å². The van der Waals surface area contributed by atoms with Crippen molar-refractivity contribution in [3.8, 4) is 0 Å². The molecule has 10 heteroatoms. The number of ketones is 1. The monoisotopic (exact) mass is 362 g/mol. The average molecular weight is 362 g/mol. The lowest BCUT2D eigenvalue weighted by atomic mass is 9.96. The van der Waals surface area contributed by atoms with Crippen molar-refractivity contribution in [1.29, 1.82) is 0 Å². The van der Waals surface area contributed by atoms with E-state index in [1.165, 1.54) is 0 Å². The summed E-state index contributed by atoms with van der Waals surface area (Å²) in [5.41, 5.74) is 1.16. The summed E-state index contributed by atoms with van der Waals surface area (Å²) in [5, 5.41) is 14.1. The van der Waals surface area contributed by atoms with Crippen LogP contribution in [-0.4, -0.2) is 25.7 Å². The number of hydrogen-bond donors (Lipinski definition) is 3. The first-order valence-electron chi connectivity index (χ1n) is 7.26. The van der Waals surface area contributed by atoms with Crippen LogP contribution in [0.3, 0.4) is 0 Å². The summed E-state index contributed by atoms with van der Waals surface area (Å²) in [6.45, 7) is 0.657. The second kappa shape index (κ2) is 6.24. The largest absolute Gasteiger partial charge is 0.384 e. The van der Waals surface area contributed by atoms with E-state index in [-0.39, 0.29) is 11.3 Å². The smallest absolute Gasteiger partial charge is 0.270 e. The van der Waals surface area contributed by atoms with Crippen LogP contribution in [0.4, 0.5) is 11.4 Å². The quantitative estimate of drug-likeness (QED) is 0.311. The normalized spacial score (nSPS) is 13.2. The molecule has 25 heavy (non-hydrogen) atoms. The van der Waals surface area contributed by atoms with Crippen molar-refractivity contribution in [3.63, 3.8) is 0 Å². The van der Waals surface area contributed by atoms with Crippen LogP contribution >= 0.6 is 0 Å². The van der Waals surface area contributed by atoms with Crippen molar-refractivity contribution in [1.82, 2.24) is 4.83 Å². The molecule has 1 aliphatic heterocycles. The van der Waals surface area contributed by atoms with E-state index in [0.717, 1.165) is 29.4 Å². The molecule has 2 aromatic rings. The second-order valence-electron chi connectivity index (χ2n) is 5.40. The first kappa shape index (κ1) is 17.0. The molecule has 0 spiro atoms. The maximum Gasteiger partial charge on any atom is 0.270 e. The Morgan fingerprint density at radius 1 is 1.24 bits per heavy atom. The van der Waals surface area contributed by atoms with Crippen molar-refractivity contribution >= 4 is 27.2 Å². The molecule has 2 aromatic carbocycles. The molecular weight excluding hydrogens is 348 g/mol. The van der Waals surface area contributed by atoms with Gasteiger partial charge in [0.05, 0.1) is 9.82 Å². The molecule has 0 aromatic heterocycles. The number of carbonyl (C=O) groups is 1. The first-order valence-corrected chi connectivity index (χ1v) is 8.75. The highest BCUT2D eigenvalue weighted by Gasteiger charge is 2.27. The van der Waals surface area contributed by atoms with Gasteiger partial charge >= 0.3 is 0 Å². The van der Waals surface area contributed by atoms with Crippen LogP contribution < -0.4 is 16.0 Å². The molecular formula is C15H14N4O5S. The van der Waals surface area contributed by atoms with Crippen molar-refractivity contribution < 1.29 is 18.1 Å². The third-order valence-electron chi connectivity index (χ3n) is 3.97. The minimum atomic E-state index is -4.17. The summed E-state index contributed by atoms with van der Waals surface area (Å²) in [5.74, 6) is 4.43. The summed E-state index contributed by atoms with van der Waals surface area (Å²) in [4.78, 5) is 24.5. The SMILES string of the molecule is NNS(=O)(=O)c1ccc([N+](=O)[O-])cc1C(=O)c1cccc2c1CCN2. The number of anilines is 1. The molecule has 0 unspecified atom stereocenters. The van der Waals surface area contributed by atoms with E-state index in [2.05, 4.69) is 5.32 Å². The fourth-order valence-electron chi connectivity index (χ4n) is 2.81. The standard InChI is InChI=1S/C15H14N4O5S/c16-18-25(23,24)14-5-4-9(19(21)22)8-12(14)15(20)11-2-1-3-13-10(11)6-7-17-13/h1-5,8,17-18H,6-7,16H2. The molecule has 0 fully saturated rings. The molecule has 130 valence electrons. The fraction of sp³-hybridized carbons (Fsp3) is 0.133. The van der Waals surface area contributed by atoms with Gasteiger partial charge in [-0.05, 0) is 24.1 Å². The minimum Gasteiger partial charge on any atom is -0.384 e. The highest BCUT2D eigenvalue weighted by atomic mass is 32.2. The molecule has 0 saturated carbocycles. The van der Waals surface area contributed by atoms with Gasteiger partial charge in [-0.2, -0.15) is 4.83 Å². The fourth-order valence-corrected chi connectivity index (χ4v) is 3.62. The number of sulfonamides is 1. The number of nitrogens with zero attached hydrogens (tertiary/aromatic N) is 1. The number of benzene rings is 2. The molecule has 4 N–H and O–H groups in total. The Morgan fingerprint density at radius 2 is 2.00 bits per heavy atom. The van der Waals surface area contributed by atoms with Gasteiger partial charge in [0.1, 0.15) is 0 Å².